The Balaban J connectivity index is 1.40. The summed E-state index contributed by atoms with van der Waals surface area (Å²) in [5.74, 6) is 1.08. The van der Waals surface area contributed by atoms with E-state index in [1.807, 2.05) is 24.5 Å². The number of para-hydroxylation sites is 1. The van der Waals surface area contributed by atoms with Crippen molar-refractivity contribution in [3.05, 3.63) is 71.7 Å². The number of hydrogen-bond donors (Lipinski definition) is 1. The first-order valence-corrected chi connectivity index (χ1v) is 9.90. The topological polar surface area (TPSA) is 53.0 Å². The molecule has 28 heavy (non-hydrogen) atoms. The summed E-state index contributed by atoms with van der Waals surface area (Å²) in [6, 6.07) is 10.8. The number of piperazine rings is 1. The highest BCUT2D eigenvalue weighted by Gasteiger charge is 2.31. The summed E-state index contributed by atoms with van der Waals surface area (Å²) < 4.78 is 5.95. The van der Waals surface area contributed by atoms with E-state index in [4.69, 9.17) is 9.73 Å². The maximum atomic E-state index is 5.95. The quantitative estimate of drug-likeness (QED) is 0.891. The first-order chi connectivity index (χ1) is 13.8. The van der Waals surface area contributed by atoms with Crippen LogP contribution in [0.3, 0.4) is 0 Å². The van der Waals surface area contributed by atoms with Gasteiger partial charge in [-0.05, 0) is 23.8 Å². The fourth-order valence-corrected chi connectivity index (χ4v) is 4.26. The van der Waals surface area contributed by atoms with Crippen molar-refractivity contribution in [2.24, 2.45) is 4.99 Å². The van der Waals surface area contributed by atoms with Crippen molar-refractivity contribution in [1.29, 1.82) is 0 Å². The van der Waals surface area contributed by atoms with Gasteiger partial charge in [0.15, 0.2) is 6.29 Å². The molecule has 0 spiro atoms. The largest absolute Gasteiger partial charge is 0.493 e. The average Bonchev–Trinajstić information content (AvgIpc) is 3.24. The van der Waals surface area contributed by atoms with Crippen LogP contribution in [0.15, 0.2) is 60.0 Å². The Bertz CT molecular complexity index is 910. The second-order valence-electron chi connectivity index (χ2n) is 7.51. The highest BCUT2D eigenvalue weighted by atomic mass is 16.5. The van der Waals surface area contributed by atoms with Crippen LogP contribution >= 0.6 is 0 Å². The minimum Gasteiger partial charge on any atom is -0.493 e. The second kappa shape index (κ2) is 7.37. The lowest BCUT2D eigenvalue weighted by Gasteiger charge is -2.41. The summed E-state index contributed by atoms with van der Waals surface area (Å²) in [5, 5.41) is 3.68. The summed E-state index contributed by atoms with van der Waals surface area (Å²) in [6.07, 6.45) is 8.83. The SMILES string of the molecule is CN1C=CC(c2ccncc2)=NC1N1CCNC(c2cccc3c2OCC3)C1. The molecular weight excluding hydrogens is 350 g/mol. The van der Waals surface area contributed by atoms with Gasteiger partial charge in [0.2, 0.25) is 0 Å². The lowest BCUT2D eigenvalue weighted by Crippen LogP contribution is -2.54. The summed E-state index contributed by atoms with van der Waals surface area (Å²) in [4.78, 5) is 13.8. The molecule has 2 aromatic rings. The Labute approximate surface area is 165 Å². The third-order valence-electron chi connectivity index (χ3n) is 5.72. The molecule has 0 aliphatic carbocycles. The molecule has 6 heteroatoms. The first kappa shape index (κ1) is 17.4. The lowest BCUT2D eigenvalue weighted by molar-refractivity contribution is 0.0679. The number of pyridine rings is 1. The van der Waals surface area contributed by atoms with E-state index in [9.17, 15) is 0 Å². The van der Waals surface area contributed by atoms with Gasteiger partial charge in [0, 0.05) is 68.9 Å². The van der Waals surface area contributed by atoms with E-state index in [0.717, 1.165) is 49.7 Å². The molecule has 5 rings (SSSR count). The maximum absolute atomic E-state index is 5.95. The Morgan fingerprint density at radius 2 is 2.07 bits per heavy atom. The summed E-state index contributed by atoms with van der Waals surface area (Å²) in [5.41, 5.74) is 4.70. The molecule has 1 N–H and O–H groups in total. The number of hydrogen-bond acceptors (Lipinski definition) is 6. The molecule has 1 saturated heterocycles. The number of fused-ring (bicyclic) bond motifs is 1. The zero-order chi connectivity index (χ0) is 18.9. The lowest BCUT2D eigenvalue weighted by atomic mass is 10.00. The van der Waals surface area contributed by atoms with Gasteiger partial charge in [-0.15, -0.1) is 0 Å². The number of aliphatic imine (C=N–C) groups is 1. The number of benzene rings is 1. The Hall–Kier alpha value is -2.70. The van der Waals surface area contributed by atoms with Crippen LogP contribution in [0.4, 0.5) is 0 Å². The van der Waals surface area contributed by atoms with Gasteiger partial charge in [0.1, 0.15) is 5.75 Å². The van der Waals surface area contributed by atoms with Crippen molar-refractivity contribution < 1.29 is 4.74 Å². The summed E-state index contributed by atoms with van der Waals surface area (Å²) >= 11 is 0. The van der Waals surface area contributed by atoms with E-state index >= 15 is 0 Å². The first-order valence-electron chi connectivity index (χ1n) is 9.90. The van der Waals surface area contributed by atoms with E-state index in [-0.39, 0.29) is 12.3 Å². The number of nitrogens with one attached hydrogen (secondary N) is 1. The van der Waals surface area contributed by atoms with Crippen LogP contribution in [-0.4, -0.2) is 60.1 Å². The number of nitrogens with zero attached hydrogens (tertiary/aromatic N) is 4. The standard InChI is InChI=1S/C22H25N5O/c1-26-12-7-19(16-5-9-23-10-6-16)25-22(26)27-13-11-24-20(15-27)18-4-2-3-17-8-14-28-21(17)18/h2-7,9-10,12,20,22,24H,8,11,13-15H2,1H3. The molecule has 1 aromatic heterocycles. The number of ether oxygens (including phenoxy) is 1. The van der Waals surface area contributed by atoms with E-state index in [2.05, 4.69) is 57.6 Å². The molecule has 2 atom stereocenters. The molecule has 0 bridgehead atoms. The fourth-order valence-electron chi connectivity index (χ4n) is 4.26. The van der Waals surface area contributed by atoms with E-state index in [1.54, 1.807) is 0 Å². The van der Waals surface area contributed by atoms with Crippen molar-refractivity contribution >= 4 is 5.71 Å². The highest BCUT2D eigenvalue weighted by Crippen LogP contribution is 2.35. The fraction of sp³-hybridized carbons (Fsp3) is 0.364. The predicted molar refractivity (Wildman–Crippen MR) is 109 cm³/mol. The molecule has 3 aliphatic heterocycles. The zero-order valence-corrected chi connectivity index (χ0v) is 16.1. The van der Waals surface area contributed by atoms with Gasteiger partial charge in [-0.25, -0.2) is 4.99 Å². The third-order valence-corrected chi connectivity index (χ3v) is 5.72. The molecule has 6 nitrogen and oxygen atoms in total. The molecule has 4 heterocycles. The smallest absolute Gasteiger partial charge is 0.178 e. The molecule has 0 radical (unpaired) electrons. The van der Waals surface area contributed by atoms with E-state index in [0.29, 0.717) is 0 Å². The molecule has 144 valence electrons. The molecular formula is C22H25N5O. The van der Waals surface area contributed by atoms with Crippen molar-refractivity contribution in [2.75, 3.05) is 33.3 Å². The van der Waals surface area contributed by atoms with Gasteiger partial charge in [-0.2, -0.15) is 0 Å². The van der Waals surface area contributed by atoms with Gasteiger partial charge in [0.05, 0.1) is 12.3 Å². The number of allylic oxidation sites excluding steroid dienone is 1. The van der Waals surface area contributed by atoms with E-state index in [1.165, 1.54) is 11.1 Å². The van der Waals surface area contributed by atoms with Gasteiger partial charge in [0.25, 0.3) is 0 Å². The Kier molecular flexibility index (Phi) is 4.58. The van der Waals surface area contributed by atoms with Gasteiger partial charge in [-0.1, -0.05) is 18.2 Å². The van der Waals surface area contributed by atoms with Crippen LogP contribution in [0.1, 0.15) is 22.7 Å². The summed E-state index contributed by atoms with van der Waals surface area (Å²) in [6.45, 7) is 3.58. The van der Waals surface area contributed by atoms with Crippen LogP contribution in [0.2, 0.25) is 0 Å². The molecule has 2 unspecified atom stereocenters. The monoisotopic (exact) mass is 375 g/mol. The van der Waals surface area contributed by atoms with Crippen LogP contribution in [0.25, 0.3) is 0 Å². The minimum atomic E-state index is -0.00422. The van der Waals surface area contributed by atoms with Gasteiger partial charge >= 0.3 is 0 Å². The van der Waals surface area contributed by atoms with Crippen molar-refractivity contribution in [3.63, 3.8) is 0 Å². The summed E-state index contributed by atoms with van der Waals surface area (Å²) in [7, 11) is 2.09. The molecule has 0 amide bonds. The van der Waals surface area contributed by atoms with E-state index < -0.39 is 0 Å². The van der Waals surface area contributed by atoms with Crippen LogP contribution in [0, 0.1) is 0 Å². The molecule has 1 fully saturated rings. The second-order valence-corrected chi connectivity index (χ2v) is 7.51. The zero-order valence-electron chi connectivity index (χ0n) is 16.1. The average molecular weight is 375 g/mol. The third kappa shape index (κ3) is 3.19. The maximum Gasteiger partial charge on any atom is 0.178 e. The number of rotatable bonds is 3. The van der Waals surface area contributed by atoms with Crippen molar-refractivity contribution in [2.45, 2.75) is 18.8 Å². The normalized spacial score (nSPS) is 24.6. The van der Waals surface area contributed by atoms with Crippen LogP contribution < -0.4 is 10.1 Å². The van der Waals surface area contributed by atoms with Crippen LogP contribution in [0.5, 0.6) is 5.75 Å². The molecule has 0 saturated carbocycles. The minimum absolute atomic E-state index is 0.00422. The Morgan fingerprint density at radius 1 is 1.18 bits per heavy atom. The van der Waals surface area contributed by atoms with Crippen molar-refractivity contribution in [3.8, 4) is 5.75 Å². The predicted octanol–water partition coefficient (Wildman–Crippen LogP) is 2.19. The van der Waals surface area contributed by atoms with Crippen LogP contribution in [-0.2, 0) is 6.42 Å². The van der Waals surface area contributed by atoms with Crippen molar-refractivity contribution in [1.82, 2.24) is 20.1 Å². The van der Waals surface area contributed by atoms with Gasteiger partial charge in [-0.3, -0.25) is 9.88 Å². The highest BCUT2D eigenvalue weighted by molar-refractivity contribution is 6.08. The molecule has 1 aromatic carbocycles. The number of aromatic nitrogens is 1. The van der Waals surface area contributed by atoms with Gasteiger partial charge < -0.3 is 15.0 Å². The Morgan fingerprint density at radius 3 is 2.96 bits per heavy atom. The molecule has 3 aliphatic rings.